The lowest BCUT2D eigenvalue weighted by Crippen LogP contribution is -2.24. The van der Waals surface area contributed by atoms with Gasteiger partial charge in [-0.3, -0.25) is 0 Å². The van der Waals surface area contributed by atoms with Crippen LogP contribution in [-0.2, 0) is 6.54 Å². The molecule has 5 nitrogen and oxygen atoms in total. The molecule has 29 heavy (non-hydrogen) atoms. The fourth-order valence-corrected chi connectivity index (χ4v) is 3.84. The van der Waals surface area contributed by atoms with Crippen LogP contribution < -0.4 is 14.5 Å². The number of anilines is 4. The van der Waals surface area contributed by atoms with Crippen molar-refractivity contribution in [3.63, 3.8) is 0 Å². The van der Waals surface area contributed by atoms with Crippen molar-refractivity contribution in [3.05, 3.63) is 72.4 Å². The van der Waals surface area contributed by atoms with Gasteiger partial charge in [-0.1, -0.05) is 24.3 Å². The second kappa shape index (κ2) is 8.53. The van der Waals surface area contributed by atoms with E-state index in [4.69, 9.17) is 9.72 Å². The first-order chi connectivity index (χ1) is 14.2. The van der Waals surface area contributed by atoms with E-state index in [1.54, 1.807) is 7.11 Å². The molecule has 0 saturated carbocycles. The molecule has 0 saturated heterocycles. The van der Waals surface area contributed by atoms with Gasteiger partial charge in [0.15, 0.2) is 5.82 Å². The standard InChI is InChI=1S/C24H28N4O/c1-26(2)15-8-16-27-23-17-21(29-3)13-12-19(23)18-28(20-9-5-4-6-10-20)22-11-7-14-25-24(22)27/h4-7,9-14,17H,8,15-16,18H2,1-3H3. The van der Waals surface area contributed by atoms with Gasteiger partial charge in [0.2, 0.25) is 0 Å². The summed E-state index contributed by atoms with van der Waals surface area (Å²) in [7, 11) is 5.95. The topological polar surface area (TPSA) is 31.8 Å². The quantitative estimate of drug-likeness (QED) is 0.604. The number of ether oxygens (including phenoxy) is 1. The van der Waals surface area contributed by atoms with Crippen LogP contribution in [0.3, 0.4) is 0 Å². The van der Waals surface area contributed by atoms with Crippen molar-refractivity contribution in [2.75, 3.05) is 44.1 Å². The summed E-state index contributed by atoms with van der Waals surface area (Å²) in [6.45, 7) is 2.71. The van der Waals surface area contributed by atoms with Crippen LogP contribution in [-0.4, -0.2) is 44.2 Å². The summed E-state index contributed by atoms with van der Waals surface area (Å²) in [5, 5.41) is 0. The minimum Gasteiger partial charge on any atom is -0.497 e. The van der Waals surface area contributed by atoms with Gasteiger partial charge in [0.05, 0.1) is 25.0 Å². The van der Waals surface area contributed by atoms with Crippen LogP contribution in [0.4, 0.5) is 22.9 Å². The minimum atomic E-state index is 0.784. The predicted octanol–water partition coefficient (Wildman–Crippen LogP) is 4.83. The lowest BCUT2D eigenvalue weighted by atomic mass is 10.1. The second-order valence-corrected chi connectivity index (χ2v) is 7.57. The Morgan fingerprint density at radius 1 is 1.00 bits per heavy atom. The van der Waals surface area contributed by atoms with Gasteiger partial charge in [0.25, 0.3) is 0 Å². The predicted molar refractivity (Wildman–Crippen MR) is 120 cm³/mol. The smallest absolute Gasteiger partial charge is 0.157 e. The number of aromatic nitrogens is 1. The number of benzene rings is 2. The molecule has 0 spiro atoms. The number of pyridine rings is 1. The highest BCUT2D eigenvalue weighted by Crippen LogP contribution is 2.43. The Morgan fingerprint density at radius 3 is 2.59 bits per heavy atom. The van der Waals surface area contributed by atoms with E-state index in [2.05, 4.69) is 77.3 Å². The summed E-state index contributed by atoms with van der Waals surface area (Å²) in [4.78, 5) is 11.7. The lowest BCUT2D eigenvalue weighted by molar-refractivity contribution is 0.402. The molecule has 1 aliphatic rings. The van der Waals surface area contributed by atoms with E-state index in [0.29, 0.717) is 0 Å². The first-order valence-corrected chi connectivity index (χ1v) is 10.0. The van der Waals surface area contributed by atoms with Crippen molar-refractivity contribution < 1.29 is 4.74 Å². The van der Waals surface area contributed by atoms with Crippen molar-refractivity contribution in [1.29, 1.82) is 0 Å². The molecule has 0 N–H and O–H groups in total. The maximum Gasteiger partial charge on any atom is 0.157 e. The third-order valence-electron chi connectivity index (χ3n) is 5.28. The molecule has 2 heterocycles. The van der Waals surface area contributed by atoms with Crippen LogP contribution in [0.2, 0.25) is 0 Å². The molecular formula is C24H28N4O. The zero-order chi connectivity index (χ0) is 20.2. The summed E-state index contributed by atoms with van der Waals surface area (Å²) >= 11 is 0. The zero-order valence-corrected chi connectivity index (χ0v) is 17.4. The van der Waals surface area contributed by atoms with Gasteiger partial charge in [-0.25, -0.2) is 4.98 Å². The Hall–Kier alpha value is -3.05. The molecule has 0 atom stereocenters. The monoisotopic (exact) mass is 388 g/mol. The number of hydrogen-bond acceptors (Lipinski definition) is 5. The maximum absolute atomic E-state index is 5.54. The average Bonchev–Trinajstić information content (AvgIpc) is 2.89. The first kappa shape index (κ1) is 19.3. The van der Waals surface area contributed by atoms with Gasteiger partial charge < -0.3 is 19.4 Å². The van der Waals surface area contributed by atoms with Crippen LogP contribution in [0.15, 0.2) is 66.9 Å². The highest BCUT2D eigenvalue weighted by atomic mass is 16.5. The number of rotatable bonds is 6. The molecule has 3 aromatic rings. The summed E-state index contributed by atoms with van der Waals surface area (Å²) < 4.78 is 5.54. The van der Waals surface area contributed by atoms with Crippen molar-refractivity contribution in [2.24, 2.45) is 0 Å². The fraction of sp³-hybridized carbons (Fsp3) is 0.292. The molecule has 1 aliphatic heterocycles. The van der Waals surface area contributed by atoms with Crippen molar-refractivity contribution in [3.8, 4) is 5.75 Å². The highest BCUT2D eigenvalue weighted by molar-refractivity contribution is 5.82. The molecule has 5 heteroatoms. The summed E-state index contributed by atoms with van der Waals surface area (Å²) in [6, 6.07) is 21.1. The molecule has 0 aliphatic carbocycles. The average molecular weight is 389 g/mol. The number of nitrogens with zero attached hydrogens (tertiary/aromatic N) is 4. The first-order valence-electron chi connectivity index (χ1n) is 10.0. The minimum absolute atomic E-state index is 0.784. The Labute approximate surface area is 173 Å². The molecule has 0 amide bonds. The van der Waals surface area contributed by atoms with Gasteiger partial charge in [0.1, 0.15) is 5.75 Å². The number of para-hydroxylation sites is 1. The largest absolute Gasteiger partial charge is 0.497 e. The third-order valence-corrected chi connectivity index (χ3v) is 5.28. The Morgan fingerprint density at radius 2 is 1.83 bits per heavy atom. The number of fused-ring (bicyclic) bond motifs is 2. The molecule has 150 valence electrons. The van der Waals surface area contributed by atoms with Gasteiger partial charge in [-0.15, -0.1) is 0 Å². The van der Waals surface area contributed by atoms with Crippen LogP contribution >= 0.6 is 0 Å². The molecule has 4 rings (SSSR count). The Balaban J connectivity index is 1.84. The molecule has 0 unspecified atom stereocenters. The number of hydrogen-bond donors (Lipinski definition) is 0. The summed E-state index contributed by atoms with van der Waals surface area (Å²) in [5.41, 5.74) is 4.72. The highest BCUT2D eigenvalue weighted by Gasteiger charge is 2.27. The van der Waals surface area contributed by atoms with E-state index in [1.165, 1.54) is 16.9 Å². The molecule has 1 aromatic heterocycles. The second-order valence-electron chi connectivity index (χ2n) is 7.57. The molecule has 0 bridgehead atoms. The SMILES string of the molecule is COc1ccc2c(c1)N(CCCN(C)C)c1ncccc1N(c1ccccc1)C2. The fourth-order valence-electron chi connectivity index (χ4n) is 3.84. The van der Waals surface area contributed by atoms with Crippen molar-refractivity contribution >= 4 is 22.9 Å². The Bertz CT molecular complexity index is 958. The normalized spacial score (nSPS) is 13.1. The lowest BCUT2D eigenvalue weighted by Gasteiger charge is -2.27. The van der Waals surface area contributed by atoms with E-state index >= 15 is 0 Å². The molecule has 2 aromatic carbocycles. The van der Waals surface area contributed by atoms with E-state index < -0.39 is 0 Å². The van der Waals surface area contributed by atoms with Crippen LogP contribution in [0.5, 0.6) is 5.75 Å². The maximum atomic E-state index is 5.54. The van der Waals surface area contributed by atoms with E-state index in [9.17, 15) is 0 Å². The van der Waals surface area contributed by atoms with Gasteiger partial charge in [-0.05, 0) is 63.0 Å². The molecule has 0 radical (unpaired) electrons. The van der Waals surface area contributed by atoms with Gasteiger partial charge in [-0.2, -0.15) is 0 Å². The molecular weight excluding hydrogens is 360 g/mol. The Kier molecular flexibility index (Phi) is 5.67. The van der Waals surface area contributed by atoms with Gasteiger partial charge in [0, 0.05) is 24.5 Å². The van der Waals surface area contributed by atoms with Crippen LogP contribution in [0.25, 0.3) is 0 Å². The van der Waals surface area contributed by atoms with E-state index in [1.807, 2.05) is 18.3 Å². The van der Waals surface area contributed by atoms with Crippen LogP contribution in [0.1, 0.15) is 12.0 Å². The number of methoxy groups -OCH3 is 1. The van der Waals surface area contributed by atoms with Crippen molar-refractivity contribution in [1.82, 2.24) is 9.88 Å². The van der Waals surface area contributed by atoms with Crippen molar-refractivity contribution in [2.45, 2.75) is 13.0 Å². The van der Waals surface area contributed by atoms with Crippen LogP contribution in [0, 0.1) is 0 Å². The zero-order valence-electron chi connectivity index (χ0n) is 17.4. The molecule has 0 fully saturated rings. The third kappa shape index (κ3) is 4.05. The van der Waals surface area contributed by atoms with Gasteiger partial charge >= 0.3 is 0 Å². The summed E-state index contributed by atoms with van der Waals surface area (Å²) in [5.74, 6) is 1.86. The summed E-state index contributed by atoms with van der Waals surface area (Å²) in [6.07, 6.45) is 2.93. The van der Waals surface area contributed by atoms with E-state index in [0.717, 1.165) is 43.3 Å². The van der Waals surface area contributed by atoms with E-state index in [-0.39, 0.29) is 0 Å².